The third-order valence-corrected chi connectivity index (χ3v) is 10.5. The third kappa shape index (κ3) is 8.40. The summed E-state index contributed by atoms with van der Waals surface area (Å²) in [6.07, 6.45) is 0.571. The van der Waals surface area contributed by atoms with Crippen molar-refractivity contribution < 1.29 is 22.7 Å². The number of benzene rings is 3. The van der Waals surface area contributed by atoms with Crippen molar-refractivity contribution in [2.24, 2.45) is 5.41 Å². The first-order valence-electron chi connectivity index (χ1n) is 16.9. The predicted molar refractivity (Wildman–Crippen MR) is 201 cm³/mol. The number of fused-ring (bicyclic) bond motifs is 4. The zero-order chi connectivity index (χ0) is 36.5. The van der Waals surface area contributed by atoms with E-state index in [1.54, 1.807) is 23.1 Å². The number of hydrogen-bond donors (Lipinski definition) is 1. The average Bonchev–Trinajstić information content (AvgIpc) is 3.52. The Morgan fingerprint density at radius 2 is 1.69 bits per heavy atom. The van der Waals surface area contributed by atoms with E-state index in [9.17, 15) is 13.2 Å². The lowest BCUT2D eigenvalue weighted by Crippen LogP contribution is -2.45. The second kappa shape index (κ2) is 14.4. The van der Waals surface area contributed by atoms with Crippen LogP contribution in [0.5, 0.6) is 11.1 Å². The minimum absolute atomic E-state index is 0.0147. The maximum Gasteiger partial charge on any atom is 0.273 e. The second-order valence-corrected chi connectivity index (χ2v) is 16.8. The Morgan fingerprint density at radius 1 is 0.961 bits per heavy atom. The topological polar surface area (TPSA) is 124 Å². The molecule has 1 aliphatic rings. The second-order valence-electron chi connectivity index (χ2n) is 14.3. The standard InChI is InChI=1S/C39H43N5O5S2/c1-24(2)49-38-41-33(23-50-38)31-17-9-8-14-28(31)21-44-29(20-39(5,6)7)22-48-34-19-32(35-25(3)12-10-13-26(35)4)40-37(42-34)43-51(46,47)30-16-11-15-27(18-30)36(44)45/h8-19,23-24,29H,20-22H2,1-7H3,(H,40,42,43)/t29-/m1/s1. The van der Waals surface area contributed by atoms with Crippen LogP contribution in [0.2, 0.25) is 0 Å². The van der Waals surface area contributed by atoms with Gasteiger partial charge in [-0.15, -0.1) is 0 Å². The maximum absolute atomic E-state index is 14.7. The van der Waals surface area contributed by atoms with Gasteiger partial charge in [0.15, 0.2) is 0 Å². The molecule has 51 heavy (non-hydrogen) atoms. The van der Waals surface area contributed by atoms with Crippen LogP contribution in [0.1, 0.15) is 68.1 Å². The molecule has 0 saturated carbocycles. The summed E-state index contributed by atoms with van der Waals surface area (Å²) in [4.78, 5) is 30.3. The summed E-state index contributed by atoms with van der Waals surface area (Å²) in [6, 6.07) is 21.1. The van der Waals surface area contributed by atoms with Gasteiger partial charge in [0.05, 0.1) is 28.4 Å². The molecule has 1 amide bonds. The SMILES string of the molecule is Cc1cccc(C)c1-c1cc2nc(n1)NS(=O)(=O)c1cccc(c1)C(=O)N(Cc1ccccc1-c1csc(OC(C)C)n1)[C@H](CC(C)(C)C)CO2. The number of thiazole rings is 1. The smallest absolute Gasteiger partial charge is 0.273 e. The lowest BCUT2D eigenvalue weighted by molar-refractivity contribution is 0.0513. The van der Waals surface area contributed by atoms with E-state index in [4.69, 9.17) is 14.5 Å². The van der Waals surface area contributed by atoms with E-state index in [0.29, 0.717) is 17.3 Å². The molecule has 1 aliphatic heterocycles. The van der Waals surface area contributed by atoms with Gasteiger partial charge in [-0.1, -0.05) is 80.6 Å². The number of hydrogen-bond acceptors (Lipinski definition) is 9. The molecule has 6 rings (SSSR count). The fourth-order valence-corrected chi connectivity index (χ4v) is 8.06. The van der Waals surface area contributed by atoms with E-state index in [0.717, 1.165) is 33.5 Å². The molecule has 2 aromatic heterocycles. The minimum Gasteiger partial charge on any atom is -0.475 e. The number of rotatable bonds is 7. The molecule has 1 N–H and O–H groups in total. The molecule has 0 radical (unpaired) electrons. The van der Waals surface area contributed by atoms with E-state index in [-0.39, 0.29) is 52.9 Å². The molecular weight excluding hydrogens is 683 g/mol. The summed E-state index contributed by atoms with van der Waals surface area (Å²) >= 11 is 1.42. The highest BCUT2D eigenvalue weighted by atomic mass is 32.2. The van der Waals surface area contributed by atoms with Crippen LogP contribution in [0.3, 0.4) is 0 Å². The number of sulfonamides is 1. The predicted octanol–water partition coefficient (Wildman–Crippen LogP) is 8.31. The zero-order valence-electron chi connectivity index (χ0n) is 29.9. The largest absolute Gasteiger partial charge is 0.475 e. The molecule has 0 aliphatic carbocycles. The Bertz CT molecular complexity index is 2150. The number of amides is 1. The molecule has 0 unspecified atom stereocenters. The van der Waals surface area contributed by atoms with Gasteiger partial charge < -0.3 is 14.4 Å². The van der Waals surface area contributed by atoms with Crippen molar-refractivity contribution in [1.82, 2.24) is 19.9 Å². The summed E-state index contributed by atoms with van der Waals surface area (Å²) in [7, 11) is -4.19. The van der Waals surface area contributed by atoms with Crippen molar-refractivity contribution in [3.63, 3.8) is 0 Å². The fourth-order valence-electron chi connectivity index (χ4n) is 6.27. The Morgan fingerprint density at radius 3 is 2.41 bits per heavy atom. The summed E-state index contributed by atoms with van der Waals surface area (Å²) in [5.74, 6) is -0.253. The first-order valence-corrected chi connectivity index (χ1v) is 19.3. The van der Waals surface area contributed by atoms with E-state index < -0.39 is 16.1 Å². The number of nitrogens with one attached hydrogen (secondary N) is 1. The lowest BCUT2D eigenvalue weighted by Gasteiger charge is -2.36. The number of aryl methyl sites for hydroxylation is 2. The minimum atomic E-state index is -4.19. The third-order valence-electron chi connectivity index (χ3n) is 8.48. The van der Waals surface area contributed by atoms with Crippen LogP contribution in [0.25, 0.3) is 22.5 Å². The monoisotopic (exact) mass is 725 g/mol. The summed E-state index contributed by atoms with van der Waals surface area (Å²) in [6.45, 7) is 14.6. The number of ether oxygens (including phenoxy) is 2. The number of carbonyl (C=O) groups is 1. The van der Waals surface area contributed by atoms with Gasteiger partial charge in [0, 0.05) is 34.7 Å². The highest BCUT2D eigenvalue weighted by molar-refractivity contribution is 7.92. The van der Waals surface area contributed by atoms with Crippen LogP contribution >= 0.6 is 11.3 Å². The van der Waals surface area contributed by atoms with Crippen molar-refractivity contribution in [2.75, 3.05) is 11.3 Å². The molecular formula is C39H43N5O5S2. The highest BCUT2D eigenvalue weighted by Crippen LogP contribution is 2.34. The van der Waals surface area contributed by atoms with Crippen LogP contribution in [-0.4, -0.2) is 52.9 Å². The maximum atomic E-state index is 14.7. The fraction of sp³-hybridized carbons (Fsp3) is 0.333. The van der Waals surface area contributed by atoms with Crippen LogP contribution in [0.15, 0.2) is 83.1 Å². The molecule has 266 valence electrons. The number of nitrogens with zero attached hydrogens (tertiary/aromatic N) is 4. The van der Waals surface area contributed by atoms with Gasteiger partial charge in [0.2, 0.25) is 11.8 Å². The normalized spacial score (nSPS) is 16.0. The van der Waals surface area contributed by atoms with Crippen LogP contribution in [0, 0.1) is 19.3 Å². The van der Waals surface area contributed by atoms with E-state index in [1.807, 2.05) is 75.5 Å². The average molecular weight is 726 g/mol. The van der Waals surface area contributed by atoms with Crippen LogP contribution in [-0.2, 0) is 16.6 Å². The van der Waals surface area contributed by atoms with Gasteiger partial charge in [0.1, 0.15) is 6.61 Å². The number of anilines is 1. The van der Waals surface area contributed by atoms with E-state index in [1.165, 1.54) is 23.5 Å². The molecule has 5 aromatic rings. The highest BCUT2D eigenvalue weighted by Gasteiger charge is 2.32. The van der Waals surface area contributed by atoms with Gasteiger partial charge in [-0.3, -0.25) is 4.79 Å². The van der Waals surface area contributed by atoms with E-state index >= 15 is 0 Å². The Hall–Kier alpha value is -4.81. The van der Waals surface area contributed by atoms with Gasteiger partial charge in [-0.05, 0) is 74.4 Å². The summed E-state index contributed by atoms with van der Waals surface area (Å²) in [5.41, 5.74) is 5.87. The van der Waals surface area contributed by atoms with Gasteiger partial charge in [0.25, 0.3) is 21.1 Å². The molecule has 0 fully saturated rings. The quantitative estimate of drug-likeness (QED) is 0.178. The van der Waals surface area contributed by atoms with E-state index in [2.05, 4.69) is 35.5 Å². The first-order chi connectivity index (χ1) is 24.2. The Balaban J connectivity index is 1.49. The molecule has 4 bridgehead atoms. The van der Waals surface area contributed by atoms with Crippen molar-refractivity contribution >= 4 is 33.2 Å². The number of carbonyl (C=O) groups excluding carboxylic acids is 1. The molecule has 3 heterocycles. The Kier molecular flexibility index (Phi) is 10.2. The van der Waals surface area contributed by atoms with Gasteiger partial charge >= 0.3 is 0 Å². The van der Waals surface area contributed by atoms with Crippen LogP contribution < -0.4 is 14.2 Å². The summed E-state index contributed by atoms with van der Waals surface area (Å²) in [5, 5.41) is 2.53. The van der Waals surface area contributed by atoms with Gasteiger partial charge in [-0.25, -0.2) is 23.1 Å². The Labute approximate surface area is 304 Å². The van der Waals surface area contributed by atoms with Crippen LogP contribution in [0.4, 0.5) is 5.95 Å². The molecule has 10 nitrogen and oxygen atoms in total. The molecule has 12 heteroatoms. The lowest BCUT2D eigenvalue weighted by atomic mass is 9.87. The van der Waals surface area contributed by atoms with Crippen molar-refractivity contribution in [1.29, 1.82) is 0 Å². The molecule has 0 saturated heterocycles. The first kappa shape index (κ1) is 36.0. The molecule has 1 atom stereocenters. The molecule has 3 aromatic carbocycles. The van der Waals surface area contributed by atoms with Gasteiger partial charge in [-0.2, -0.15) is 4.98 Å². The van der Waals surface area contributed by atoms with Crippen molar-refractivity contribution in [3.8, 4) is 33.6 Å². The van der Waals surface area contributed by atoms with Crippen molar-refractivity contribution in [2.45, 2.75) is 78.5 Å². The van der Waals surface area contributed by atoms with Crippen molar-refractivity contribution in [3.05, 3.63) is 100 Å². The zero-order valence-corrected chi connectivity index (χ0v) is 31.6. The summed E-state index contributed by atoms with van der Waals surface area (Å²) < 4.78 is 42.4. The number of aromatic nitrogens is 3. The molecule has 0 spiro atoms.